The zero-order valence-electron chi connectivity index (χ0n) is 22.5. The number of benzene rings is 1. The van der Waals surface area contributed by atoms with E-state index in [4.69, 9.17) is 14.7 Å². The van der Waals surface area contributed by atoms with Gasteiger partial charge in [0, 0.05) is 50.7 Å². The van der Waals surface area contributed by atoms with Gasteiger partial charge in [-0.25, -0.2) is 9.37 Å². The monoisotopic (exact) mass is 544 g/mol. The molecule has 0 saturated carbocycles. The molecule has 1 N–H and O–H groups in total. The van der Waals surface area contributed by atoms with E-state index in [-0.39, 0.29) is 11.8 Å². The number of para-hydroxylation sites is 2. The number of likely N-dealkylation sites (tertiary alicyclic amines) is 1. The number of aromatic nitrogens is 5. The zero-order chi connectivity index (χ0) is 27.5. The van der Waals surface area contributed by atoms with Gasteiger partial charge < -0.3 is 19.9 Å². The maximum absolute atomic E-state index is 14.8. The fourth-order valence-corrected chi connectivity index (χ4v) is 5.33. The number of halogens is 1. The Hall–Kier alpha value is -4.12. The lowest BCUT2D eigenvalue weighted by molar-refractivity contribution is -0.129. The quantitative estimate of drug-likeness (QED) is 0.359. The third kappa shape index (κ3) is 5.60. The standard InChI is InChI=1S/C29H33FN8O2/c1-20(30)28-33-23-7-2-3-8-24(23)38(28)26-17-25(34-29(35-26)36-12-14-40-15-13-36)32-18-21-9-11-37(19-21)27(39)16-22-6-4-5-10-31-22/h2-8,10,17,20-21H,9,11-16,18-19H2,1H3,(H,32,34,35)/t20?,21-/m1/s1. The van der Waals surface area contributed by atoms with E-state index in [1.807, 2.05) is 53.4 Å². The number of morpholine rings is 1. The minimum Gasteiger partial charge on any atom is -0.378 e. The summed E-state index contributed by atoms with van der Waals surface area (Å²) in [6.45, 7) is 6.10. The number of carbonyl (C=O) groups excluding carboxylic acids is 1. The number of hydrogen-bond donors (Lipinski definition) is 1. The van der Waals surface area contributed by atoms with Gasteiger partial charge in [0.15, 0.2) is 6.17 Å². The highest BCUT2D eigenvalue weighted by Gasteiger charge is 2.27. The van der Waals surface area contributed by atoms with Gasteiger partial charge in [-0.1, -0.05) is 18.2 Å². The number of anilines is 2. The smallest absolute Gasteiger partial charge is 0.229 e. The SMILES string of the molecule is CC(F)c1nc2ccccc2n1-c1cc(NC[C@H]2CCN(C(=O)Cc3ccccn3)C2)nc(N2CCOCC2)n1. The summed E-state index contributed by atoms with van der Waals surface area (Å²) < 4.78 is 22.1. The molecule has 3 aromatic heterocycles. The first-order chi connectivity index (χ1) is 19.5. The number of pyridine rings is 1. The topological polar surface area (TPSA) is 101 Å². The lowest BCUT2D eigenvalue weighted by atomic mass is 10.1. The van der Waals surface area contributed by atoms with Crippen LogP contribution in [-0.2, 0) is 16.0 Å². The molecular weight excluding hydrogens is 511 g/mol. The van der Waals surface area contributed by atoms with Crippen molar-refractivity contribution >= 4 is 28.7 Å². The van der Waals surface area contributed by atoms with E-state index < -0.39 is 6.17 Å². The molecule has 0 spiro atoms. The molecule has 2 atom stereocenters. The fraction of sp³-hybridized carbons (Fsp3) is 0.414. The highest BCUT2D eigenvalue weighted by atomic mass is 19.1. The van der Waals surface area contributed by atoms with Gasteiger partial charge in [-0.15, -0.1) is 0 Å². The summed E-state index contributed by atoms with van der Waals surface area (Å²) >= 11 is 0. The van der Waals surface area contributed by atoms with Crippen LogP contribution in [0.2, 0.25) is 0 Å². The fourth-order valence-electron chi connectivity index (χ4n) is 5.33. The molecule has 2 aliphatic rings. The molecule has 11 heteroatoms. The Morgan fingerprint density at radius 1 is 1.10 bits per heavy atom. The summed E-state index contributed by atoms with van der Waals surface area (Å²) in [7, 11) is 0. The largest absolute Gasteiger partial charge is 0.378 e. The number of ether oxygens (including phenoxy) is 1. The van der Waals surface area contributed by atoms with Crippen molar-refractivity contribution < 1.29 is 13.9 Å². The van der Waals surface area contributed by atoms with Crippen LogP contribution in [0, 0.1) is 5.92 Å². The third-order valence-electron chi connectivity index (χ3n) is 7.44. The van der Waals surface area contributed by atoms with Crippen LogP contribution >= 0.6 is 0 Å². The van der Waals surface area contributed by atoms with Gasteiger partial charge in [-0.3, -0.25) is 14.3 Å². The molecule has 2 saturated heterocycles. The highest BCUT2D eigenvalue weighted by Crippen LogP contribution is 2.28. The summed E-state index contributed by atoms with van der Waals surface area (Å²) in [5, 5.41) is 3.49. The van der Waals surface area contributed by atoms with E-state index >= 15 is 0 Å². The molecule has 0 bridgehead atoms. The second-order valence-corrected chi connectivity index (χ2v) is 10.3. The van der Waals surface area contributed by atoms with Crippen LogP contribution in [0.4, 0.5) is 16.2 Å². The summed E-state index contributed by atoms with van der Waals surface area (Å²) in [5.41, 5.74) is 2.29. The van der Waals surface area contributed by atoms with E-state index in [0.717, 1.165) is 24.2 Å². The van der Waals surface area contributed by atoms with E-state index in [9.17, 15) is 9.18 Å². The number of nitrogens with zero attached hydrogens (tertiary/aromatic N) is 7. The van der Waals surface area contributed by atoms with E-state index in [0.29, 0.717) is 74.7 Å². The van der Waals surface area contributed by atoms with Crippen LogP contribution in [0.3, 0.4) is 0 Å². The number of fused-ring (bicyclic) bond motifs is 1. The van der Waals surface area contributed by atoms with Gasteiger partial charge in [-0.2, -0.15) is 9.97 Å². The minimum absolute atomic E-state index is 0.0972. The van der Waals surface area contributed by atoms with E-state index in [1.165, 1.54) is 6.92 Å². The lowest BCUT2D eigenvalue weighted by Crippen LogP contribution is -2.37. The molecule has 5 heterocycles. The maximum atomic E-state index is 14.8. The Morgan fingerprint density at radius 3 is 2.73 bits per heavy atom. The van der Waals surface area contributed by atoms with Crippen molar-refractivity contribution in [2.75, 3.05) is 56.2 Å². The molecule has 6 rings (SSSR count). The van der Waals surface area contributed by atoms with Gasteiger partial charge in [0.05, 0.1) is 30.7 Å². The second kappa shape index (κ2) is 11.5. The molecule has 1 aromatic carbocycles. The van der Waals surface area contributed by atoms with Gasteiger partial charge >= 0.3 is 0 Å². The van der Waals surface area contributed by atoms with Crippen molar-refractivity contribution in [1.82, 2.24) is 29.4 Å². The Balaban J connectivity index is 1.23. The molecule has 40 heavy (non-hydrogen) atoms. The first kappa shape index (κ1) is 26.1. The maximum Gasteiger partial charge on any atom is 0.229 e. The van der Waals surface area contributed by atoms with E-state index in [1.54, 1.807) is 10.8 Å². The van der Waals surface area contributed by atoms with Crippen molar-refractivity contribution in [1.29, 1.82) is 0 Å². The normalized spacial score (nSPS) is 18.3. The summed E-state index contributed by atoms with van der Waals surface area (Å²) in [4.78, 5) is 35.3. The predicted molar refractivity (Wildman–Crippen MR) is 150 cm³/mol. The molecule has 4 aromatic rings. The average molecular weight is 545 g/mol. The third-order valence-corrected chi connectivity index (χ3v) is 7.44. The van der Waals surface area contributed by atoms with Crippen LogP contribution in [0.1, 0.15) is 31.0 Å². The van der Waals surface area contributed by atoms with Gasteiger partial charge in [0.2, 0.25) is 11.9 Å². The van der Waals surface area contributed by atoms with Crippen LogP contribution < -0.4 is 10.2 Å². The molecule has 2 fully saturated rings. The Kier molecular flexibility index (Phi) is 7.54. The first-order valence-electron chi connectivity index (χ1n) is 13.8. The number of hydrogen-bond acceptors (Lipinski definition) is 8. The summed E-state index contributed by atoms with van der Waals surface area (Å²) in [5.74, 6) is 2.47. The van der Waals surface area contributed by atoms with Crippen molar-refractivity contribution in [2.45, 2.75) is 25.9 Å². The van der Waals surface area contributed by atoms with Crippen LogP contribution in [-0.4, -0.2) is 81.2 Å². The van der Waals surface area contributed by atoms with Crippen LogP contribution in [0.5, 0.6) is 0 Å². The molecule has 208 valence electrons. The molecule has 1 amide bonds. The van der Waals surface area contributed by atoms with E-state index in [2.05, 4.69) is 20.2 Å². The zero-order valence-corrected chi connectivity index (χ0v) is 22.5. The second-order valence-electron chi connectivity index (χ2n) is 10.3. The highest BCUT2D eigenvalue weighted by molar-refractivity contribution is 5.79. The summed E-state index contributed by atoms with van der Waals surface area (Å²) in [6.07, 6.45) is 1.65. The van der Waals surface area contributed by atoms with Gasteiger partial charge in [-0.05, 0) is 43.5 Å². The Bertz CT molecular complexity index is 1470. The molecule has 10 nitrogen and oxygen atoms in total. The van der Waals surface area contributed by atoms with Crippen molar-refractivity contribution in [3.63, 3.8) is 0 Å². The van der Waals surface area contributed by atoms with Crippen molar-refractivity contribution in [2.24, 2.45) is 5.92 Å². The first-order valence-corrected chi connectivity index (χ1v) is 13.8. The number of nitrogens with one attached hydrogen (secondary N) is 1. The van der Waals surface area contributed by atoms with Crippen molar-refractivity contribution in [3.05, 3.63) is 66.2 Å². The van der Waals surface area contributed by atoms with Crippen LogP contribution in [0.25, 0.3) is 16.9 Å². The number of rotatable bonds is 8. The Morgan fingerprint density at radius 2 is 1.93 bits per heavy atom. The average Bonchev–Trinajstić information content (AvgIpc) is 3.62. The van der Waals surface area contributed by atoms with Crippen molar-refractivity contribution in [3.8, 4) is 5.82 Å². The van der Waals surface area contributed by atoms with Gasteiger partial charge in [0.1, 0.15) is 17.5 Å². The molecule has 2 aliphatic heterocycles. The number of alkyl halides is 1. The molecule has 1 unspecified atom stereocenters. The Labute approximate surface area is 232 Å². The molecule has 0 aliphatic carbocycles. The number of carbonyl (C=O) groups is 1. The van der Waals surface area contributed by atoms with Gasteiger partial charge in [0.25, 0.3) is 0 Å². The summed E-state index contributed by atoms with van der Waals surface area (Å²) in [6, 6.07) is 15.1. The lowest BCUT2D eigenvalue weighted by Gasteiger charge is -2.27. The molecule has 0 radical (unpaired) electrons. The minimum atomic E-state index is -1.28. The number of imidazole rings is 1. The van der Waals surface area contributed by atoms with Crippen LogP contribution in [0.15, 0.2) is 54.7 Å². The predicted octanol–water partition coefficient (Wildman–Crippen LogP) is 3.58. The molecular formula is C29H33FN8O2. The number of amides is 1.